The molecule has 1 atom stereocenters. The van der Waals surface area contributed by atoms with Crippen molar-refractivity contribution in [3.8, 4) is 0 Å². The minimum Gasteiger partial charge on any atom is -0.480 e. The van der Waals surface area contributed by atoms with Crippen molar-refractivity contribution in [3.63, 3.8) is 0 Å². The summed E-state index contributed by atoms with van der Waals surface area (Å²) in [7, 11) is 1.62. The maximum Gasteiger partial charge on any atom is 0.323 e. The molecule has 0 radical (unpaired) electrons. The van der Waals surface area contributed by atoms with Crippen molar-refractivity contribution in [2.45, 2.75) is 24.9 Å². The SMILES string of the molecule is COCCOCCOCCOCC(NC1CC1)C(=O)O. The Balaban J connectivity index is 1.86. The van der Waals surface area contributed by atoms with Gasteiger partial charge >= 0.3 is 5.97 Å². The van der Waals surface area contributed by atoms with Gasteiger partial charge in [-0.25, -0.2) is 0 Å². The zero-order chi connectivity index (χ0) is 14.6. The van der Waals surface area contributed by atoms with Crippen LogP contribution < -0.4 is 5.32 Å². The topological polar surface area (TPSA) is 86.3 Å². The molecule has 0 aromatic heterocycles. The van der Waals surface area contributed by atoms with E-state index >= 15 is 0 Å². The van der Waals surface area contributed by atoms with Crippen molar-refractivity contribution in [2.24, 2.45) is 0 Å². The third kappa shape index (κ3) is 9.22. The highest BCUT2D eigenvalue weighted by Gasteiger charge is 2.28. The third-order valence-corrected chi connectivity index (χ3v) is 2.77. The van der Waals surface area contributed by atoms with Crippen LogP contribution in [0.2, 0.25) is 0 Å². The minimum atomic E-state index is -0.871. The number of rotatable bonds is 14. The molecule has 0 saturated heterocycles. The van der Waals surface area contributed by atoms with E-state index < -0.39 is 12.0 Å². The van der Waals surface area contributed by atoms with Crippen molar-refractivity contribution in [1.29, 1.82) is 0 Å². The summed E-state index contributed by atoms with van der Waals surface area (Å²) in [6, 6.07) is -0.278. The molecular weight excluding hydrogens is 266 g/mol. The van der Waals surface area contributed by atoms with Crippen LogP contribution in [0.1, 0.15) is 12.8 Å². The quantitative estimate of drug-likeness (QED) is 0.432. The molecule has 0 spiro atoms. The second-order valence-electron chi connectivity index (χ2n) is 4.62. The number of carboxylic acids is 1. The predicted molar refractivity (Wildman–Crippen MR) is 71.9 cm³/mol. The van der Waals surface area contributed by atoms with E-state index in [1.54, 1.807) is 7.11 Å². The first-order valence-corrected chi connectivity index (χ1v) is 6.95. The number of hydrogen-bond acceptors (Lipinski definition) is 6. The molecule has 118 valence electrons. The molecule has 1 unspecified atom stereocenters. The Kier molecular flexibility index (Phi) is 9.52. The van der Waals surface area contributed by atoms with Gasteiger partial charge < -0.3 is 24.1 Å². The van der Waals surface area contributed by atoms with Gasteiger partial charge in [0.05, 0.1) is 46.2 Å². The number of carboxylic acid groups (broad SMARTS) is 1. The maximum atomic E-state index is 11.0. The van der Waals surface area contributed by atoms with Crippen molar-refractivity contribution < 1.29 is 28.8 Å². The van der Waals surface area contributed by atoms with Crippen molar-refractivity contribution in [3.05, 3.63) is 0 Å². The van der Waals surface area contributed by atoms with Gasteiger partial charge in [-0.15, -0.1) is 0 Å². The lowest BCUT2D eigenvalue weighted by Crippen LogP contribution is -2.42. The Bertz CT molecular complexity index is 259. The summed E-state index contributed by atoms with van der Waals surface area (Å²) in [6.45, 7) is 3.13. The van der Waals surface area contributed by atoms with Crippen LogP contribution in [0.3, 0.4) is 0 Å². The normalized spacial score (nSPS) is 16.2. The smallest absolute Gasteiger partial charge is 0.323 e. The van der Waals surface area contributed by atoms with Crippen LogP contribution in [0.4, 0.5) is 0 Å². The molecule has 1 rings (SSSR count). The zero-order valence-corrected chi connectivity index (χ0v) is 12.0. The molecule has 1 aliphatic rings. The van der Waals surface area contributed by atoms with Gasteiger partial charge in [-0.05, 0) is 12.8 Å². The largest absolute Gasteiger partial charge is 0.480 e. The van der Waals surface area contributed by atoms with E-state index in [2.05, 4.69) is 5.32 Å². The Morgan fingerprint density at radius 3 is 2.15 bits per heavy atom. The molecule has 0 heterocycles. The highest BCUT2D eigenvalue weighted by atomic mass is 16.6. The van der Waals surface area contributed by atoms with E-state index in [9.17, 15) is 4.79 Å². The highest BCUT2D eigenvalue weighted by Crippen LogP contribution is 2.19. The van der Waals surface area contributed by atoms with Crippen LogP contribution in [0.15, 0.2) is 0 Å². The summed E-state index contributed by atoms with van der Waals surface area (Å²) < 4.78 is 20.7. The van der Waals surface area contributed by atoms with E-state index in [1.165, 1.54) is 0 Å². The van der Waals surface area contributed by atoms with Crippen LogP contribution in [0, 0.1) is 0 Å². The Morgan fingerprint density at radius 1 is 1.10 bits per heavy atom. The summed E-state index contributed by atoms with van der Waals surface area (Å²) in [6.07, 6.45) is 2.10. The van der Waals surface area contributed by atoms with Crippen molar-refractivity contribution in [2.75, 3.05) is 53.4 Å². The number of aliphatic carboxylic acids is 1. The molecular formula is C13H25NO6. The lowest BCUT2D eigenvalue weighted by atomic mass is 10.3. The van der Waals surface area contributed by atoms with E-state index in [0.29, 0.717) is 45.7 Å². The van der Waals surface area contributed by atoms with Crippen LogP contribution in [0.25, 0.3) is 0 Å². The standard InChI is InChI=1S/C13H25NO6/c1-17-4-5-18-6-7-19-8-9-20-10-12(13(15)16)14-11-2-3-11/h11-12,14H,2-10H2,1H3,(H,15,16). The molecule has 1 saturated carbocycles. The summed E-state index contributed by atoms with van der Waals surface area (Å²) in [5, 5.41) is 12.0. The summed E-state index contributed by atoms with van der Waals surface area (Å²) in [4.78, 5) is 11.0. The number of ether oxygens (including phenoxy) is 4. The average molecular weight is 291 g/mol. The summed E-state index contributed by atoms with van der Waals surface area (Å²) >= 11 is 0. The first-order chi connectivity index (χ1) is 9.74. The van der Waals surface area contributed by atoms with E-state index in [4.69, 9.17) is 24.1 Å². The average Bonchev–Trinajstić information content (AvgIpc) is 3.23. The summed E-state index contributed by atoms with van der Waals surface area (Å²) in [5.41, 5.74) is 0. The number of nitrogens with one attached hydrogen (secondary N) is 1. The Labute approximate surface area is 119 Å². The van der Waals surface area contributed by atoms with Gasteiger partial charge in [-0.2, -0.15) is 0 Å². The first-order valence-electron chi connectivity index (χ1n) is 6.95. The lowest BCUT2D eigenvalue weighted by molar-refractivity contribution is -0.141. The second-order valence-corrected chi connectivity index (χ2v) is 4.62. The van der Waals surface area contributed by atoms with E-state index in [0.717, 1.165) is 12.8 Å². The van der Waals surface area contributed by atoms with Gasteiger partial charge in [-0.3, -0.25) is 10.1 Å². The van der Waals surface area contributed by atoms with Gasteiger partial charge in [0.15, 0.2) is 0 Å². The van der Waals surface area contributed by atoms with Crippen molar-refractivity contribution >= 4 is 5.97 Å². The first kappa shape index (κ1) is 17.3. The second kappa shape index (κ2) is 11.0. The van der Waals surface area contributed by atoms with E-state index in [1.807, 2.05) is 0 Å². The number of carbonyl (C=O) groups is 1. The Morgan fingerprint density at radius 2 is 1.65 bits per heavy atom. The molecule has 2 N–H and O–H groups in total. The van der Waals surface area contributed by atoms with Gasteiger partial charge in [-0.1, -0.05) is 0 Å². The zero-order valence-electron chi connectivity index (χ0n) is 12.0. The van der Waals surface area contributed by atoms with Crippen LogP contribution >= 0.6 is 0 Å². The summed E-state index contributed by atoms with van der Waals surface area (Å²) in [5.74, 6) is -0.871. The van der Waals surface area contributed by atoms with Gasteiger partial charge in [0.25, 0.3) is 0 Å². The minimum absolute atomic E-state index is 0.166. The molecule has 0 aliphatic heterocycles. The maximum absolute atomic E-state index is 11.0. The van der Waals surface area contributed by atoms with Crippen LogP contribution in [-0.2, 0) is 23.7 Å². The molecule has 0 bridgehead atoms. The highest BCUT2D eigenvalue weighted by molar-refractivity contribution is 5.73. The van der Waals surface area contributed by atoms with Gasteiger partial charge in [0.2, 0.25) is 0 Å². The molecule has 0 aromatic rings. The molecule has 7 nitrogen and oxygen atoms in total. The molecule has 1 aliphatic carbocycles. The lowest BCUT2D eigenvalue weighted by Gasteiger charge is -2.14. The van der Waals surface area contributed by atoms with Crippen molar-refractivity contribution in [1.82, 2.24) is 5.32 Å². The molecule has 0 aromatic carbocycles. The van der Waals surface area contributed by atoms with Gasteiger partial charge in [0, 0.05) is 13.2 Å². The Hall–Kier alpha value is -0.730. The fourth-order valence-corrected chi connectivity index (χ4v) is 1.51. The number of hydrogen-bond donors (Lipinski definition) is 2. The predicted octanol–water partition coefficient (Wildman–Crippen LogP) is -0.112. The number of methoxy groups -OCH3 is 1. The van der Waals surface area contributed by atoms with Gasteiger partial charge in [0.1, 0.15) is 6.04 Å². The fraction of sp³-hybridized carbons (Fsp3) is 0.923. The monoisotopic (exact) mass is 291 g/mol. The molecule has 0 amide bonds. The van der Waals surface area contributed by atoms with Crippen LogP contribution in [-0.4, -0.2) is 76.5 Å². The van der Waals surface area contributed by atoms with Crippen LogP contribution in [0.5, 0.6) is 0 Å². The van der Waals surface area contributed by atoms with E-state index in [-0.39, 0.29) is 6.61 Å². The molecule has 1 fully saturated rings. The molecule has 7 heteroatoms. The third-order valence-electron chi connectivity index (χ3n) is 2.77. The molecule has 20 heavy (non-hydrogen) atoms. The fourth-order valence-electron chi connectivity index (χ4n) is 1.51.